The zero-order valence-corrected chi connectivity index (χ0v) is 13.4. The maximum Gasteiger partial charge on any atom is 0.0551 e. The molecule has 0 spiro atoms. The number of anilines is 1. The molecule has 1 heterocycles. The molecule has 0 aromatic heterocycles. The molecular formula is C18H28N2O. The van der Waals surface area contributed by atoms with E-state index >= 15 is 0 Å². The third-order valence-corrected chi connectivity index (χ3v) is 4.85. The monoisotopic (exact) mass is 288 g/mol. The Morgan fingerprint density at radius 1 is 1.33 bits per heavy atom. The Hall–Kier alpha value is -1.06. The average Bonchev–Trinajstić information content (AvgIpc) is 3.31. The Morgan fingerprint density at radius 2 is 2.14 bits per heavy atom. The number of benzene rings is 1. The van der Waals surface area contributed by atoms with E-state index in [9.17, 15) is 0 Å². The van der Waals surface area contributed by atoms with Crippen molar-refractivity contribution < 1.29 is 4.74 Å². The summed E-state index contributed by atoms with van der Waals surface area (Å²) < 4.78 is 5.84. The van der Waals surface area contributed by atoms with E-state index in [-0.39, 0.29) is 5.41 Å². The van der Waals surface area contributed by atoms with E-state index in [1.165, 1.54) is 36.9 Å². The predicted octanol–water partition coefficient (Wildman–Crippen LogP) is 2.98. The van der Waals surface area contributed by atoms with Crippen molar-refractivity contribution in [3.63, 3.8) is 0 Å². The lowest BCUT2D eigenvalue weighted by molar-refractivity contribution is -0.00293. The maximum absolute atomic E-state index is 5.84. The number of nitrogens with one attached hydrogen (secondary N) is 1. The van der Waals surface area contributed by atoms with E-state index in [0.717, 1.165) is 32.3 Å². The van der Waals surface area contributed by atoms with Crippen LogP contribution in [0.2, 0.25) is 0 Å². The Labute approximate surface area is 128 Å². The zero-order chi connectivity index (χ0) is 14.7. The number of hydrogen-bond donors (Lipinski definition) is 1. The van der Waals surface area contributed by atoms with Gasteiger partial charge in [-0.05, 0) is 44.2 Å². The summed E-state index contributed by atoms with van der Waals surface area (Å²) in [5, 5.41) is 3.73. The molecule has 3 nitrogen and oxygen atoms in total. The van der Waals surface area contributed by atoms with Crippen LogP contribution in [-0.2, 0) is 4.74 Å². The van der Waals surface area contributed by atoms with Crippen molar-refractivity contribution in [3.8, 4) is 0 Å². The number of hydrogen-bond acceptors (Lipinski definition) is 3. The second-order valence-electron chi connectivity index (χ2n) is 6.95. The standard InChI is InChI=1S/C18H28N2O/c1-15-6-3-4-7-17(15)20(2)13-18(10-5-11-21-14-18)12-19-16-8-9-16/h3-4,6-7,16,19H,5,8-14H2,1-2H3. The SMILES string of the molecule is Cc1ccccc1N(C)CC1(CNC2CC2)CCCOC1. The van der Waals surface area contributed by atoms with E-state index in [2.05, 4.69) is 48.5 Å². The minimum absolute atomic E-state index is 0.262. The number of para-hydroxylation sites is 1. The molecule has 1 saturated carbocycles. The van der Waals surface area contributed by atoms with Crippen molar-refractivity contribution in [2.45, 2.75) is 38.6 Å². The highest BCUT2D eigenvalue weighted by Gasteiger charge is 2.36. The van der Waals surface area contributed by atoms with Gasteiger partial charge in [0.1, 0.15) is 0 Å². The summed E-state index contributed by atoms with van der Waals surface area (Å²) in [5.41, 5.74) is 2.95. The fraction of sp³-hybridized carbons (Fsp3) is 0.667. The first kappa shape index (κ1) is 14.9. The third-order valence-electron chi connectivity index (χ3n) is 4.85. The lowest BCUT2D eigenvalue weighted by Gasteiger charge is -2.41. The van der Waals surface area contributed by atoms with E-state index in [4.69, 9.17) is 4.74 Å². The van der Waals surface area contributed by atoms with E-state index in [1.54, 1.807) is 0 Å². The molecule has 2 aliphatic rings. The molecule has 1 unspecified atom stereocenters. The summed E-state index contributed by atoms with van der Waals surface area (Å²) >= 11 is 0. The van der Waals surface area contributed by atoms with Gasteiger partial charge in [-0.1, -0.05) is 18.2 Å². The largest absolute Gasteiger partial charge is 0.381 e. The van der Waals surface area contributed by atoms with Gasteiger partial charge in [-0.3, -0.25) is 0 Å². The van der Waals surface area contributed by atoms with Gasteiger partial charge in [-0.15, -0.1) is 0 Å². The first-order valence-electron chi connectivity index (χ1n) is 8.26. The van der Waals surface area contributed by atoms with Gasteiger partial charge in [0.2, 0.25) is 0 Å². The quantitative estimate of drug-likeness (QED) is 0.871. The van der Waals surface area contributed by atoms with Crippen molar-refractivity contribution in [1.29, 1.82) is 0 Å². The Morgan fingerprint density at radius 3 is 2.81 bits per heavy atom. The van der Waals surface area contributed by atoms with Crippen LogP contribution in [0.1, 0.15) is 31.2 Å². The maximum atomic E-state index is 5.84. The topological polar surface area (TPSA) is 24.5 Å². The molecule has 1 aliphatic heterocycles. The Kier molecular flexibility index (Phi) is 4.51. The Balaban J connectivity index is 1.69. The molecule has 0 radical (unpaired) electrons. The number of rotatable bonds is 6. The molecule has 3 heteroatoms. The summed E-state index contributed by atoms with van der Waals surface area (Å²) in [4.78, 5) is 2.42. The van der Waals surface area contributed by atoms with Crippen LogP contribution in [-0.4, -0.2) is 39.4 Å². The van der Waals surface area contributed by atoms with E-state index < -0.39 is 0 Å². The molecule has 21 heavy (non-hydrogen) atoms. The van der Waals surface area contributed by atoms with Crippen LogP contribution < -0.4 is 10.2 Å². The highest BCUT2D eigenvalue weighted by molar-refractivity contribution is 5.52. The van der Waals surface area contributed by atoms with Crippen LogP contribution in [0.5, 0.6) is 0 Å². The first-order chi connectivity index (χ1) is 10.2. The smallest absolute Gasteiger partial charge is 0.0551 e. The number of nitrogens with zero attached hydrogens (tertiary/aromatic N) is 1. The molecule has 1 aliphatic carbocycles. The highest BCUT2D eigenvalue weighted by atomic mass is 16.5. The fourth-order valence-corrected chi connectivity index (χ4v) is 3.46. The van der Waals surface area contributed by atoms with Gasteiger partial charge in [0.05, 0.1) is 6.61 Å². The van der Waals surface area contributed by atoms with Gasteiger partial charge in [-0.2, -0.15) is 0 Å². The number of ether oxygens (including phenoxy) is 1. The number of aryl methyl sites for hydroxylation is 1. The summed E-state index contributed by atoms with van der Waals surface area (Å²) in [6.45, 7) is 6.17. The summed E-state index contributed by atoms with van der Waals surface area (Å²) in [6, 6.07) is 9.43. The van der Waals surface area contributed by atoms with Crippen LogP contribution in [0, 0.1) is 12.3 Å². The van der Waals surface area contributed by atoms with Crippen molar-refractivity contribution in [2.24, 2.45) is 5.41 Å². The second kappa shape index (κ2) is 6.37. The molecule has 2 fully saturated rings. The average molecular weight is 288 g/mol. The molecule has 3 rings (SSSR count). The molecule has 1 aromatic rings. The Bertz CT molecular complexity index is 464. The summed E-state index contributed by atoms with van der Waals surface area (Å²) in [5.74, 6) is 0. The predicted molar refractivity (Wildman–Crippen MR) is 88.0 cm³/mol. The van der Waals surface area contributed by atoms with E-state index in [1.807, 2.05) is 0 Å². The minimum atomic E-state index is 0.262. The first-order valence-corrected chi connectivity index (χ1v) is 8.26. The molecule has 116 valence electrons. The molecular weight excluding hydrogens is 260 g/mol. The summed E-state index contributed by atoms with van der Waals surface area (Å²) in [7, 11) is 2.22. The molecule has 0 amide bonds. The lowest BCUT2D eigenvalue weighted by atomic mass is 9.81. The second-order valence-corrected chi connectivity index (χ2v) is 6.95. The van der Waals surface area contributed by atoms with Crippen molar-refractivity contribution in [2.75, 3.05) is 38.3 Å². The minimum Gasteiger partial charge on any atom is -0.381 e. The van der Waals surface area contributed by atoms with Gasteiger partial charge in [0.25, 0.3) is 0 Å². The molecule has 1 N–H and O–H groups in total. The molecule has 1 saturated heterocycles. The van der Waals surface area contributed by atoms with Crippen LogP contribution in [0.25, 0.3) is 0 Å². The normalized spacial score (nSPS) is 25.8. The van der Waals surface area contributed by atoms with Crippen molar-refractivity contribution in [1.82, 2.24) is 5.32 Å². The van der Waals surface area contributed by atoms with Crippen LogP contribution in [0.4, 0.5) is 5.69 Å². The van der Waals surface area contributed by atoms with Gasteiger partial charge in [-0.25, -0.2) is 0 Å². The molecule has 1 aromatic carbocycles. The highest BCUT2D eigenvalue weighted by Crippen LogP contribution is 2.32. The van der Waals surface area contributed by atoms with Crippen LogP contribution in [0.3, 0.4) is 0 Å². The summed E-state index contributed by atoms with van der Waals surface area (Å²) in [6.07, 6.45) is 5.16. The van der Waals surface area contributed by atoms with E-state index in [0.29, 0.717) is 0 Å². The van der Waals surface area contributed by atoms with Gasteiger partial charge >= 0.3 is 0 Å². The third kappa shape index (κ3) is 3.78. The van der Waals surface area contributed by atoms with Crippen molar-refractivity contribution >= 4 is 5.69 Å². The van der Waals surface area contributed by atoms with Gasteiger partial charge in [0, 0.05) is 43.9 Å². The van der Waals surface area contributed by atoms with Crippen molar-refractivity contribution in [3.05, 3.63) is 29.8 Å². The van der Waals surface area contributed by atoms with Gasteiger partial charge < -0.3 is 15.0 Å². The van der Waals surface area contributed by atoms with Crippen LogP contribution in [0.15, 0.2) is 24.3 Å². The zero-order valence-electron chi connectivity index (χ0n) is 13.4. The lowest BCUT2D eigenvalue weighted by Crippen LogP contribution is -2.48. The molecule has 1 atom stereocenters. The fourth-order valence-electron chi connectivity index (χ4n) is 3.46. The van der Waals surface area contributed by atoms with Gasteiger partial charge in [0.15, 0.2) is 0 Å². The van der Waals surface area contributed by atoms with Crippen LogP contribution >= 0.6 is 0 Å². The molecule has 0 bridgehead atoms.